The molecule has 0 aliphatic carbocycles. The van der Waals surface area contributed by atoms with Crippen LogP contribution in [0.5, 0.6) is 0 Å². The second-order valence-corrected chi connectivity index (χ2v) is 6.10. The molecule has 0 aromatic carbocycles. The molecule has 0 radical (unpaired) electrons. The molecule has 0 bridgehead atoms. The molecule has 138 valence electrons. The number of aromatic nitrogens is 1. The minimum absolute atomic E-state index is 0. The predicted octanol–water partition coefficient (Wildman–Crippen LogP) is 2.09. The Bertz CT molecular complexity index is 487. The number of hydrogen-bond donors (Lipinski definition) is 1. The summed E-state index contributed by atoms with van der Waals surface area (Å²) < 4.78 is 13.2. The van der Waals surface area contributed by atoms with E-state index in [0.717, 1.165) is 58.3 Å². The molecule has 1 N–H and O–H groups in total. The first kappa shape index (κ1) is 21.2. The summed E-state index contributed by atoms with van der Waals surface area (Å²) in [6.45, 7) is 5.05. The third-order valence-corrected chi connectivity index (χ3v) is 4.15. The van der Waals surface area contributed by atoms with Gasteiger partial charge in [-0.05, 0) is 25.0 Å². The Balaban J connectivity index is 0.00000288. The molecule has 2 rings (SSSR count). The highest BCUT2D eigenvalue weighted by Crippen LogP contribution is 2.12. The van der Waals surface area contributed by atoms with Gasteiger partial charge in [-0.15, -0.1) is 24.0 Å². The van der Waals surface area contributed by atoms with Crippen LogP contribution in [-0.2, 0) is 23.1 Å². The Morgan fingerprint density at radius 2 is 2.38 bits per heavy atom. The van der Waals surface area contributed by atoms with Crippen LogP contribution in [0.1, 0.15) is 18.5 Å². The molecule has 2 heterocycles. The third kappa shape index (κ3) is 6.98. The largest absolute Gasteiger partial charge is 0.381 e. The van der Waals surface area contributed by atoms with Crippen LogP contribution < -0.4 is 5.32 Å². The zero-order valence-electron chi connectivity index (χ0n) is 15.0. The second-order valence-electron chi connectivity index (χ2n) is 6.10. The van der Waals surface area contributed by atoms with Crippen LogP contribution in [0.4, 0.5) is 0 Å². The zero-order valence-corrected chi connectivity index (χ0v) is 17.4. The number of rotatable bonds is 8. The lowest BCUT2D eigenvalue weighted by Gasteiger charge is -2.22. The van der Waals surface area contributed by atoms with Crippen molar-refractivity contribution < 1.29 is 9.47 Å². The van der Waals surface area contributed by atoms with Crippen molar-refractivity contribution in [2.75, 3.05) is 47.1 Å². The number of aryl methyl sites for hydroxylation is 1. The molecule has 1 saturated heterocycles. The molecule has 7 heteroatoms. The van der Waals surface area contributed by atoms with Gasteiger partial charge in [0, 0.05) is 58.7 Å². The van der Waals surface area contributed by atoms with E-state index in [1.165, 1.54) is 5.69 Å². The molecule has 1 aromatic heterocycles. The van der Waals surface area contributed by atoms with Crippen molar-refractivity contribution in [2.45, 2.75) is 19.4 Å². The van der Waals surface area contributed by atoms with Crippen molar-refractivity contribution in [2.24, 2.45) is 18.0 Å². The molecular formula is C17H31IN4O2. The number of ether oxygens (including phenoxy) is 2. The molecule has 1 aliphatic heterocycles. The number of halogens is 1. The van der Waals surface area contributed by atoms with Crippen molar-refractivity contribution >= 4 is 29.9 Å². The topological polar surface area (TPSA) is 51.0 Å². The van der Waals surface area contributed by atoms with E-state index in [-0.39, 0.29) is 24.0 Å². The summed E-state index contributed by atoms with van der Waals surface area (Å²) in [5.41, 5.74) is 1.26. The molecular weight excluding hydrogens is 419 g/mol. The average Bonchev–Trinajstić information content (AvgIpc) is 3.19. The zero-order chi connectivity index (χ0) is 16.5. The number of nitrogens with one attached hydrogen (secondary N) is 1. The fourth-order valence-corrected chi connectivity index (χ4v) is 2.70. The SMILES string of the molecule is CN=C(NCCCOCC1CCOC1)N(C)Cc1cccn1C.I. The molecule has 1 aliphatic rings. The maximum absolute atomic E-state index is 5.72. The molecule has 1 aromatic rings. The minimum Gasteiger partial charge on any atom is -0.381 e. The average molecular weight is 450 g/mol. The number of nitrogens with zero attached hydrogens (tertiary/aromatic N) is 3. The lowest BCUT2D eigenvalue weighted by molar-refractivity contribution is 0.0887. The quantitative estimate of drug-likeness (QED) is 0.285. The van der Waals surface area contributed by atoms with E-state index in [9.17, 15) is 0 Å². The van der Waals surface area contributed by atoms with E-state index in [1.807, 2.05) is 7.05 Å². The summed E-state index contributed by atoms with van der Waals surface area (Å²) in [6.07, 6.45) is 4.17. The van der Waals surface area contributed by atoms with Crippen LogP contribution in [0.3, 0.4) is 0 Å². The first-order valence-corrected chi connectivity index (χ1v) is 8.38. The first-order chi connectivity index (χ1) is 11.2. The van der Waals surface area contributed by atoms with E-state index < -0.39 is 0 Å². The highest BCUT2D eigenvalue weighted by Gasteiger charge is 2.15. The van der Waals surface area contributed by atoms with Gasteiger partial charge in [-0.2, -0.15) is 0 Å². The second kappa shape index (κ2) is 11.7. The molecule has 0 spiro atoms. The molecule has 0 saturated carbocycles. The highest BCUT2D eigenvalue weighted by atomic mass is 127. The Morgan fingerprint density at radius 3 is 3.00 bits per heavy atom. The monoisotopic (exact) mass is 450 g/mol. The van der Waals surface area contributed by atoms with Crippen LogP contribution in [-0.4, -0.2) is 62.5 Å². The van der Waals surface area contributed by atoms with Crippen LogP contribution >= 0.6 is 24.0 Å². The first-order valence-electron chi connectivity index (χ1n) is 8.38. The Morgan fingerprint density at radius 1 is 1.54 bits per heavy atom. The maximum atomic E-state index is 5.72. The van der Waals surface area contributed by atoms with Crippen LogP contribution in [0.15, 0.2) is 23.3 Å². The Kier molecular flexibility index (Phi) is 10.4. The normalized spacial score (nSPS) is 17.6. The summed E-state index contributed by atoms with van der Waals surface area (Å²) in [7, 11) is 5.94. The predicted molar refractivity (Wildman–Crippen MR) is 108 cm³/mol. The van der Waals surface area contributed by atoms with Gasteiger partial charge >= 0.3 is 0 Å². The van der Waals surface area contributed by atoms with Gasteiger partial charge in [0.1, 0.15) is 0 Å². The lowest BCUT2D eigenvalue weighted by Crippen LogP contribution is -2.39. The molecule has 1 atom stereocenters. The van der Waals surface area contributed by atoms with Crippen molar-refractivity contribution in [3.63, 3.8) is 0 Å². The molecule has 1 unspecified atom stereocenters. The Hall–Kier alpha value is -0.800. The summed E-state index contributed by atoms with van der Waals surface area (Å²) in [5.74, 6) is 1.50. The number of hydrogen-bond acceptors (Lipinski definition) is 3. The van der Waals surface area contributed by atoms with Gasteiger partial charge in [-0.1, -0.05) is 0 Å². The van der Waals surface area contributed by atoms with Gasteiger partial charge < -0.3 is 24.3 Å². The third-order valence-electron chi connectivity index (χ3n) is 4.15. The Labute approximate surface area is 162 Å². The smallest absolute Gasteiger partial charge is 0.193 e. The van der Waals surface area contributed by atoms with Gasteiger partial charge in [0.15, 0.2) is 5.96 Å². The minimum atomic E-state index is 0. The lowest BCUT2D eigenvalue weighted by atomic mass is 10.1. The fourth-order valence-electron chi connectivity index (χ4n) is 2.70. The van der Waals surface area contributed by atoms with Gasteiger partial charge in [0.05, 0.1) is 19.8 Å². The van der Waals surface area contributed by atoms with Crippen molar-refractivity contribution in [3.8, 4) is 0 Å². The van der Waals surface area contributed by atoms with Gasteiger partial charge in [-0.25, -0.2) is 0 Å². The number of aliphatic imine (C=N–C) groups is 1. The molecule has 6 nitrogen and oxygen atoms in total. The van der Waals surface area contributed by atoms with Gasteiger partial charge in [0.25, 0.3) is 0 Å². The molecule has 24 heavy (non-hydrogen) atoms. The van der Waals surface area contributed by atoms with Crippen LogP contribution in [0.2, 0.25) is 0 Å². The summed E-state index contributed by atoms with van der Waals surface area (Å²) in [6, 6.07) is 4.19. The number of guanidine groups is 1. The molecule has 1 fully saturated rings. The van der Waals surface area contributed by atoms with Crippen LogP contribution in [0.25, 0.3) is 0 Å². The van der Waals surface area contributed by atoms with E-state index >= 15 is 0 Å². The summed E-state index contributed by atoms with van der Waals surface area (Å²) in [5, 5.41) is 3.39. The standard InChI is InChI=1S/C17H30N4O2.HI/c1-18-17(21(3)12-16-6-4-9-20(16)2)19-8-5-10-22-13-15-7-11-23-14-15;/h4,6,9,15H,5,7-8,10-14H2,1-3H3,(H,18,19);1H. The van der Waals surface area contributed by atoms with E-state index in [0.29, 0.717) is 5.92 Å². The van der Waals surface area contributed by atoms with Crippen molar-refractivity contribution in [1.82, 2.24) is 14.8 Å². The van der Waals surface area contributed by atoms with E-state index in [2.05, 4.69) is 52.2 Å². The van der Waals surface area contributed by atoms with Gasteiger partial charge in [0.2, 0.25) is 0 Å². The fraction of sp³-hybridized carbons (Fsp3) is 0.706. The van der Waals surface area contributed by atoms with E-state index in [4.69, 9.17) is 9.47 Å². The summed E-state index contributed by atoms with van der Waals surface area (Å²) in [4.78, 5) is 6.47. The van der Waals surface area contributed by atoms with Crippen molar-refractivity contribution in [3.05, 3.63) is 24.0 Å². The van der Waals surface area contributed by atoms with Crippen LogP contribution in [0, 0.1) is 5.92 Å². The van der Waals surface area contributed by atoms with Crippen molar-refractivity contribution in [1.29, 1.82) is 0 Å². The molecule has 0 amide bonds. The van der Waals surface area contributed by atoms with E-state index in [1.54, 1.807) is 0 Å². The summed E-state index contributed by atoms with van der Waals surface area (Å²) >= 11 is 0. The highest BCUT2D eigenvalue weighted by molar-refractivity contribution is 14.0. The van der Waals surface area contributed by atoms with Gasteiger partial charge in [-0.3, -0.25) is 4.99 Å². The maximum Gasteiger partial charge on any atom is 0.193 e.